The van der Waals surface area contributed by atoms with Gasteiger partial charge in [0.05, 0.1) is 0 Å². The lowest BCUT2D eigenvalue weighted by Crippen LogP contribution is -1.98. The van der Waals surface area contributed by atoms with Crippen LogP contribution in [0.15, 0.2) is 36.4 Å². The number of aromatic hydroxyl groups is 2. The van der Waals surface area contributed by atoms with Crippen LogP contribution < -0.4 is 0 Å². The van der Waals surface area contributed by atoms with Crippen molar-refractivity contribution in [2.24, 2.45) is 0 Å². The Balaban J connectivity index is 0.00000106. The molecule has 0 spiro atoms. The molecule has 2 N–H and O–H groups in total. The molecule has 0 fully saturated rings. The van der Waals surface area contributed by atoms with Gasteiger partial charge < -0.3 is 10.2 Å². The number of rotatable bonds is 4. The predicted octanol–water partition coefficient (Wildman–Crippen LogP) is 4.84. The summed E-state index contributed by atoms with van der Waals surface area (Å²) in [6.07, 6.45) is 2.63. The van der Waals surface area contributed by atoms with Crippen LogP contribution in [0.25, 0.3) is 0 Å². The lowest BCUT2D eigenvalue weighted by Gasteiger charge is -2.12. The summed E-state index contributed by atoms with van der Waals surface area (Å²) in [5.74, 6) is 0.593. The van der Waals surface area contributed by atoms with E-state index in [2.05, 4.69) is 13.8 Å². The number of aryl methyl sites for hydroxylation is 2. The van der Waals surface area contributed by atoms with Crippen LogP contribution in [0.4, 0.5) is 0 Å². The highest BCUT2D eigenvalue weighted by atomic mass is 16.3. The molecule has 114 valence electrons. The Morgan fingerprint density at radius 3 is 1.38 bits per heavy atom. The zero-order valence-electron chi connectivity index (χ0n) is 13.5. The van der Waals surface area contributed by atoms with Gasteiger partial charge >= 0.3 is 0 Å². The van der Waals surface area contributed by atoms with Crippen LogP contribution in [0.5, 0.6) is 11.5 Å². The Morgan fingerprint density at radius 2 is 1.05 bits per heavy atom. The third-order valence-electron chi connectivity index (χ3n) is 3.52. The third-order valence-corrected chi connectivity index (χ3v) is 3.52. The lowest BCUT2D eigenvalue weighted by molar-refractivity contribution is 0.474. The van der Waals surface area contributed by atoms with Gasteiger partial charge in [-0.2, -0.15) is 0 Å². The SMILES string of the molecule is CC.CCc1ccc(O)cc1Cc1cc(O)ccc1CC. The molecule has 2 nitrogen and oxygen atoms in total. The highest BCUT2D eigenvalue weighted by Gasteiger charge is 2.08. The van der Waals surface area contributed by atoms with Gasteiger partial charge in [-0.1, -0.05) is 39.8 Å². The summed E-state index contributed by atoms with van der Waals surface area (Å²) >= 11 is 0. The third kappa shape index (κ3) is 4.52. The Kier molecular flexibility index (Phi) is 6.80. The Labute approximate surface area is 128 Å². The number of phenols is 2. The first-order valence-corrected chi connectivity index (χ1v) is 7.75. The van der Waals surface area contributed by atoms with Crippen LogP contribution >= 0.6 is 0 Å². The van der Waals surface area contributed by atoms with E-state index in [9.17, 15) is 10.2 Å². The summed E-state index contributed by atoms with van der Waals surface area (Å²) in [6, 6.07) is 11.0. The molecule has 0 aliphatic rings. The number of hydrogen-bond donors (Lipinski definition) is 2. The molecule has 2 aromatic carbocycles. The molecule has 0 bridgehead atoms. The highest BCUT2D eigenvalue weighted by molar-refractivity contribution is 5.42. The molecule has 21 heavy (non-hydrogen) atoms. The summed E-state index contributed by atoms with van der Waals surface area (Å²) in [4.78, 5) is 0. The molecule has 0 atom stereocenters. The van der Waals surface area contributed by atoms with Gasteiger partial charge in [0, 0.05) is 0 Å². The molecule has 2 rings (SSSR count). The zero-order chi connectivity index (χ0) is 15.8. The van der Waals surface area contributed by atoms with Crippen molar-refractivity contribution in [1.82, 2.24) is 0 Å². The van der Waals surface area contributed by atoms with Gasteiger partial charge in [0.15, 0.2) is 0 Å². The average Bonchev–Trinajstić information content (AvgIpc) is 2.50. The second-order valence-corrected chi connectivity index (χ2v) is 4.79. The maximum atomic E-state index is 9.64. The van der Waals surface area contributed by atoms with E-state index in [1.165, 1.54) is 11.1 Å². The molecular weight excluding hydrogens is 260 g/mol. The first-order chi connectivity index (χ1) is 10.1. The van der Waals surface area contributed by atoms with Crippen LogP contribution in [0.1, 0.15) is 49.9 Å². The summed E-state index contributed by atoms with van der Waals surface area (Å²) in [6.45, 7) is 8.22. The topological polar surface area (TPSA) is 40.5 Å². The molecule has 2 heteroatoms. The molecular formula is C19H26O2. The average molecular weight is 286 g/mol. The smallest absolute Gasteiger partial charge is 0.115 e. The van der Waals surface area contributed by atoms with Gasteiger partial charge in [-0.15, -0.1) is 0 Å². The normalized spacial score (nSPS) is 9.90. The molecule has 0 heterocycles. The highest BCUT2D eigenvalue weighted by Crippen LogP contribution is 2.24. The number of benzene rings is 2. The van der Waals surface area contributed by atoms with Crippen molar-refractivity contribution in [2.75, 3.05) is 0 Å². The fourth-order valence-electron chi connectivity index (χ4n) is 2.45. The molecule has 0 aliphatic heterocycles. The fraction of sp³-hybridized carbons (Fsp3) is 0.368. The van der Waals surface area contributed by atoms with Gasteiger partial charge in [-0.3, -0.25) is 0 Å². The predicted molar refractivity (Wildman–Crippen MR) is 89.1 cm³/mol. The van der Waals surface area contributed by atoms with Gasteiger partial charge in [0.2, 0.25) is 0 Å². The van der Waals surface area contributed by atoms with Crippen LogP contribution in [0.2, 0.25) is 0 Å². The van der Waals surface area contributed by atoms with Gasteiger partial charge in [-0.25, -0.2) is 0 Å². The van der Waals surface area contributed by atoms with Gasteiger partial charge in [0.1, 0.15) is 11.5 Å². The Hall–Kier alpha value is -1.96. The Morgan fingerprint density at radius 1 is 0.667 bits per heavy atom. The molecule has 0 saturated carbocycles. The van der Waals surface area contributed by atoms with Crippen LogP contribution in [-0.2, 0) is 19.3 Å². The molecule has 0 saturated heterocycles. The quantitative estimate of drug-likeness (QED) is 0.844. The minimum absolute atomic E-state index is 0.297. The summed E-state index contributed by atoms with van der Waals surface area (Å²) < 4.78 is 0. The van der Waals surface area contributed by atoms with E-state index in [1.807, 2.05) is 38.1 Å². The van der Waals surface area contributed by atoms with E-state index < -0.39 is 0 Å². The van der Waals surface area contributed by atoms with E-state index in [0.29, 0.717) is 11.5 Å². The van der Waals surface area contributed by atoms with Crippen molar-refractivity contribution >= 4 is 0 Å². The van der Waals surface area contributed by atoms with Crippen molar-refractivity contribution < 1.29 is 10.2 Å². The lowest BCUT2D eigenvalue weighted by atomic mass is 9.94. The minimum atomic E-state index is 0.297. The van der Waals surface area contributed by atoms with Gasteiger partial charge in [0.25, 0.3) is 0 Å². The first kappa shape index (κ1) is 17.1. The van der Waals surface area contributed by atoms with Crippen LogP contribution in [-0.4, -0.2) is 10.2 Å². The molecule has 0 aliphatic carbocycles. The molecule has 2 aromatic rings. The summed E-state index contributed by atoms with van der Waals surface area (Å²) in [5.41, 5.74) is 4.73. The van der Waals surface area contributed by atoms with E-state index in [4.69, 9.17) is 0 Å². The molecule has 0 radical (unpaired) electrons. The maximum absolute atomic E-state index is 9.64. The molecule has 0 aromatic heterocycles. The maximum Gasteiger partial charge on any atom is 0.115 e. The van der Waals surface area contributed by atoms with Crippen LogP contribution in [0.3, 0.4) is 0 Å². The molecule has 0 unspecified atom stereocenters. The second kappa shape index (κ2) is 8.35. The van der Waals surface area contributed by atoms with E-state index in [1.54, 1.807) is 12.1 Å². The van der Waals surface area contributed by atoms with E-state index in [-0.39, 0.29) is 0 Å². The second-order valence-electron chi connectivity index (χ2n) is 4.79. The monoisotopic (exact) mass is 286 g/mol. The standard InChI is InChI=1S/C17H20O2.C2H6/c1-3-12-5-7-16(18)10-14(12)9-15-11-17(19)8-6-13(15)4-2;1-2/h5-8,10-11,18-19H,3-4,9H2,1-2H3;1-2H3. The van der Waals surface area contributed by atoms with E-state index in [0.717, 1.165) is 30.4 Å². The minimum Gasteiger partial charge on any atom is -0.508 e. The van der Waals surface area contributed by atoms with Crippen molar-refractivity contribution in [3.8, 4) is 11.5 Å². The van der Waals surface area contributed by atoms with Crippen molar-refractivity contribution in [3.63, 3.8) is 0 Å². The van der Waals surface area contributed by atoms with E-state index >= 15 is 0 Å². The molecule has 0 amide bonds. The first-order valence-electron chi connectivity index (χ1n) is 7.75. The number of phenolic OH excluding ortho intramolecular Hbond substituents is 2. The zero-order valence-corrected chi connectivity index (χ0v) is 13.5. The fourth-order valence-corrected chi connectivity index (χ4v) is 2.45. The van der Waals surface area contributed by atoms with Crippen LogP contribution in [0, 0.1) is 0 Å². The van der Waals surface area contributed by atoms with Crippen molar-refractivity contribution in [1.29, 1.82) is 0 Å². The van der Waals surface area contributed by atoms with Crippen molar-refractivity contribution in [2.45, 2.75) is 47.0 Å². The number of hydrogen-bond acceptors (Lipinski definition) is 2. The summed E-state index contributed by atoms with van der Waals surface area (Å²) in [5, 5.41) is 19.3. The largest absolute Gasteiger partial charge is 0.508 e. The van der Waals surface area contributed by atoms with Gasteiger partial charge in [-0.05, 0) is 65.8 Å². The summed E-state index contributed by atoms with van der Waals surface area (Å²) in [7, 11) is 0. The Bertz CT molecular complexity index is 522. The van der Waals surface area contributed by atoms with Crippen molar-refractivity contribution in [3.05, 3.63) is 58.7 Å².